The summed E-state index contributed by atoms with van der Waals surface area (Å²) in [6, 6.07) is 5.17. The Balaban J connectivity index is 0.916. The van der Waals surface area contributed by atoms with E-state index >= 15 is 0 Å². The number of benzene rings is 1. The maximum Gasteiger partial charge on any atom is 0.255 e. The van der Waals surface area contributed by atoms with Crippen molar-refractivity contribution in [2.45, 2.75) is 74.0 Å². The molecule has 1 N–H and O–H groups in total. The van der Waals surface area contributed by atoms with Gasteiger partial charge in [-0.1, -0.05) is 6.07 Å². The minimum Gasteiger partial charge on any atom is -0.367 e. The Morgan fingerprint density at radius 2 is 2.00 bits per heavy atom. The van der Waals surface area contributed by atoms with Crippen molar-refractivity contribution in [1.82, 2.24) is 15.2 Å². The number of rotatable bonds is 7. The minimum absolute atomic E-state index is 0.134. The zero-order chi connectivity index (χ0) is 24.2. The molecular formula is C27H27N3O4S2. The quantitative estimate of drug-likeness (QED) is 0.439. The molecule has 4 saturated carbocycles. The van der Waals surface area contributed by atoms with Gasteiger partial charge in [-0.05, 0) is 67.6 Å². The third-order valence-electron chi connectivity index (χ3n) is 10.1. The number of fused-ring (bicyclic) bond motifs is 1. The summed E-state index contributed by atoms with van der Waals surface area (Å²) in [4.78, 5) is 44.4. The number of thioether (sulfide) groups is 1. The number of piperidine rings is 1. The number of carbonyl (C=O) groups is 3. The van der Waals surface area contributed by atoms with Gasteiger partial charge in [-0.15, -0.1) is 23.1 Å². The predicted molar refractivity (Wildman–Crippen MR) is 133 cm³/mol. The molecule has 7 nitrogen and oxygen atoms in total. The van der Waals surface area contributed by atoms with Crippen LogP contribution in [0.4, 0.5) is 0 Å². The van der Waals surface area contributed by atoms with Crippen molar-refractivity contribution in [3.63, 3.8) is 0 Å². The lowest BCUT2D eigenvalue weighted by molar-refractivity contribution is -0.462. The molecule has 0 radical (unpaired) electrons. The lowest BCUT2D eigenvalue weighted by Crippen LogP contribution is -2.89. The molecule has 1 aromatic heterocycles. The first-order valence-corrected chi connectivity index (χ1v) is 14.8. The van der Waals surface area contributed by atoms with Gasteiger partial charge in [0.05, 0.1) is 17.9 Å². The third-order valence-corrected chi connectivity index (χ3v) is 12.1. The van der Waals surface area contributed by atoms with Crippen LogP contribution in [0.3, 0.4) is 0 Å². The van der Waals surface area contributed by atoms with Crippen LogP contribution in [0.2, 0.25) is 0 Å². The Morgan fingerprint density at radius 3 is 2.75 bits per heavy atom. The van der Waals surface area contributed by atoms with E-state index in [1.54, 1.807) is 28.0 Å². The van der Waals surface area contributed by atoms with Crippen LogP contribution in [0.15, 0.2) is 28.5 Å². The van der Waals surface area contributed by atoms with Gasteiger partial charge >= 0.3 is 0 Å². The van der Waals surface area contributed by atoms with E-state index in [4.69, 9.17) is 9.72 Å². The molecule has 0 bridgehead atoms. The summed E-state index contributed by atoms with van der Waals surface area (Å²) in [7, 11) is 0. The molecule has 3 unspecified atom stereocenters. The summed E-state index contributed by atoms with van der Waals surface area (Å²) in [6.07, 6.45) is 6.06. The fourth-order valence-electron chi connectivity index (χ4n) is 8.60. The zero-order valence-electron chi connectivity index (χ0n) is 19.8. The smallest absolute Gasteiger partial charge is 0.255 e. The van der Waals surface area contributed by atoms with Gasteiger partial charge in [0.15, 0.2) is 0 Å². The van der Waals surface area contributed by atoms with Crippen molar-refractivity contribution in [3.05, 3.63) is 45.4 Å². The van der Waals surface area contributed by atoms with Crippen molar-refractivity contribution >= 4 is 40.8 Å². The van der Waals surface area contributed by atoms with Crippen LogP contribution in [-0.2, 0) is 33.2 Å². The average molecular weight is 522 g/mol. The average Bonchev–Trinajstić information content (AvgIpc) is 3.40. The standard InChI is InChI=1S/C27H27N3O4S2/c31-22-5-4-20(24(32)29-22)30-10-19-18(25(30)33)2-1-3-21(19)35-12-17-13-36-23(28-17)11-34-26-8-15-6-14-7-16(9-26)27(14,15)26/h1-3,13-16,20H,4-12H2,(H,29,31,32). The molecule has 36 heavy (non-hydrogen) atoms. The lowest BCUT2D eigenvalue weighted by Gasteiger charge is -2.90. The fourth-order valence-corrected chi connectivity index (χ4v) is 10.4. The van der Waals surface area contributed by atoms with E-state index in [9.17, 15) is 14.4 Å². The number of ether oxygens (including phenoxy) is 1. The van der Waals surface area contributed by atoms with Crippen molar-refractivity contribution in [2.24, 2.45) is 23.2 Å². The van der Waals surface area contributed by atoms with Crippen LogP contribution >= 0.6 is 23.1 Å². The van der Waals surface area contributed by atoms with E-state index in [2.05, 4.69) is 10.7 Å². The SMILES string of the molecule is O=C1CCC(N2Cc3c(SCc4csc(COC56CC7CC8CC(C5)C876)n4)cccc3C2=O)C(=O)N1. The molecule has 2 aliphatic heterocycles. The summed E-state index contributed by atoms with van der Waals surface area (Å²) in [5, 5.41) is 5.54. The molecule has 2 aromatic rings. The molecular weight excluding hydrogens is 494 g/mol. The molecule has 1 spiro atoms. The van der Waals surface area contributed by atoms with E-state index < -0.39 is 6.04 Å². The van der Waals surface area contributed by atoms with E-state index in [0.29, 0.717) is 30.6 Å². The van der Waals surface area contributed by atoms with Crippen LogP contribution in [-0.4, -0.2) is 39.2 Å². The van der Waals surface area contributed by atoms with E-state index in [0.717, 1.165) is 44.7 Å². The molecule has 3 amide bonds. The number of amides is 3. The highest BCUT2D eigenvalue weighted by molar-refractivity contribution is 7.98. The second kappa shape index (κ2) is 7.42. The second-order valence-corrected chi connectivity index (χ2v) is 13.3. The highest BCUT2D eigenvalue weighted by Crippen LogP contribution is 2.90. The number of nitrogens with one attached hydrogen (secondary N) is 1. The van der Waals surface area contributed by atoms with E-state index in [-0.39, 0.29) is 29.7 Å². The first-order chi connectivity index (χ1) is 17.5. The zero-order valence-corrected chi connectivity index (χ0v) is 21.5. The number of carbonyl (C=O) groups excluding carboxylic acids is 3. The number of thiazole rings is 1. The highest BCUT2D eigenvalue weighted by Gasteiger charge is 2.88. The van der Waals surface area contributed by atoms with Gasteiger partial charge in [-0.3, -0.25) is 19.7 Å². The number of imide groups is 1. The van der Waals surface area contributed by atoms with Gasteiger partial charge in [-0.25, -0.2) is 4.98 Å². The largest absolute Gasteiger partial charge is 0.367 e. The van der Waals surface area contributed by atoms with Gasteiger partial charge < -0.3 is 9.64 Å². The summed E-state index contributed by atoms with van der Waals surface area (Å²) < 4.78 is 6.55. The Hall–Kier alpha value is -2.23. The molecule has 9 heteroatoms. The monoisotopic (exact) mass is 521 g/mol. The maximum absolute atomic E-state index is 13.1. The number of nitrogens with zero attached hydrogens (tertiary/aromatic N) is 2. The van der Waals surface area contributed by atoms with Crippen molar-refractivity contribution < 1.29 is 19.1 Å². The van der Waals surface area contributed by atoms with Crippen LogP contribution < -0.4 is 5.32 Å². The molecule has 3 heterocycles. The minimum atomic E-state index is -0.590. The van der Waals surface area contributed by atoms with Crippen molar-refractivity contribution in [2.75, 3.05) is 0 Å². The van der Waals surface area contributed by atoms with E-state index in [1.165, 1.54) is 25.7 Å². The second-order valence-electron chi connectivity index (χ2n) is 11.4. The Bertz CT molecular complexity index is 1310. The number of aromatic nitrogens is 1. The normalized spacial score (nSPS) is 37.1. The van der Waals surface area contributed by atoms with Crippen LogP contribution in [0.25, 0.3) is 0 Å². The molecule has 8 rings (SSSR count). The molecule has 4 aliphatic carbocycles. The van der Waals surface area contributed by atoms with Gasteiger partial charge in [0.2, 0.25) is 11.8 Å². The molecule has 5 fully saturated rings. The van der Waals surface area contributed by atoms with Crippen molar-refractivity contribution in [1.29, 1.82) is 0 Å². The molecule has 6 aliphatic rings. The summed E-state index contributed by atoms with van der Waals surface area (Å²) in [6.45, 7) is 1.02. The predicted octanol–water partition coefficient (Wildman–Crippen LogP) is 3.90. The van der Waals surface area contributed by atoms with Crippen molar-refractivity contribution in [3.8, 4) is 0 Å². The van der Waals surface area contributed by atoms with E-state index in [1.807, 2.05) is 18.2 Å². The molecule has 1 saturated heterocycles. The van der Waals surface area contributed by atoms with Gasteiger partial charge in [-0.2, -0.15) is 0 Å². The Morgan fingerprint density at radius 1 is 1.17 bits per heavy atom. The van der Waals surface area contributed by atoms with Gasteiger partial charge in [0.25, 0.3) is 5.91 Å². The van der Waals surface area contributed by atoms with Gasteiger partial charge in [0.1, 0.15) is 11.0 Å². The first kappa shape index (κ1) is 21.8. The highest BCUT2D eigenvalue weighted by atomic mass is 32.2. The third kappa shape index (κ3) is 2.69. The lowest BCUT2D eigenvalue weighted by atomic mass is 9.16. The molecule has 3 atom stereocenters. The molecule has 186 valence electrons. The first-order valence-electron chi connectivity index (χ1n) is 12.9. The summed E-state index contributed by atoms with van der Waals surface area (Å²) in [5.74, 6) is 2.79. The summed E-state index contributed by atoms with van der Waals surface area (Å²) >= 11 is 3.36. The van der Waals surface area contributed by atoms with Crippen LogP contribution in [0, 0.1) is 23.2 Å². The van der Waals surface area contributed by atoms with Crippen LogP contribution in [0.5, 0.6) is 0 Å². The number of hydrogen-bond acceptors (Lipinski definition) is 7. The Labute approximate surface area is 217 Å². The summed E-state index contributed by atoms with van der Waals surface area (Å²) in [5.41, 5.74) is 3.40. The van der Waals surface area contributed by atoms with Crippen LogP contribution in [0.1, 0.15) is 65.1 Å². The molecule has 1 aromatic carbocycles. The maximum atomic E-state index is 13.1. The topological polar surface area (TPSA) is 88.6 Å². The fraction of sp³-hybridized carbons (Fsp3) is 0.556. The number of hydrogen-bond donors (Lipinski definition) is 1. The van der Waals surface area contributed by atoms with Gasteiger partial charge in [0, 0.05) is 40.0 Å². The Kier molecular flexibility index (Phi) is 4.50.